The van der Waals surface area contributed by atoms with Crippen LogP contribution in [0.5, 0.6) is 5.75 Å². The number of aryl methyl sites for hydroxylation is 1. The third-order valence-corrected chi connectivity index (χ3v) is 12.2. The summed E-state index contributed by atoms with van der Waals surface area (Å²) in [5.74, 6) is -0.642. The zero-order valence-corrected chi connectivity index (χ0v) is 34.1. The molecule has 0 saturated carbocycles. The molecule has 0 aliphatic carbocycles. The van der Waals surface area contributed by atoms with Gasteiger partial charge in [-0.05, 0) is 115 Å². The Morgan fingerprint density at radius 2 is 1.54 bits per heavy atom. The Bertz CT molecular complexity index is 2570. The minimum Gasteiger partial charge on any atom is -0.506 e. The lowest BCUT2D eigenvalue weighted by atomic mass is 9.85. The molecule has 0 radical (unpaired) electrons. The van der Waals surface area contributed by atoms with Crippen molar-refractivity contribution < 1.29 is 29.6 Å². The second kappa shape index (κ2) is 18.5. The van der Waals surface area contributed by atoms with Crippen LogP contribution in [0.15, 0.2) is 144 Å². The number of nitrogens with zero attached hydrogens (tertiary/aromatic N) is 2. The zero-order chi connectivity index (χ0) is 42.3. The maximum absolute atomic E-state index is 14.0. The van der Waals surface area contributed by atoms with E-state index >= 15 is 0 Å². The van der Waals surface area contributed by atoms with Crippen molar-refractivity contribution in [3.05, 3.63) is 189 Å². The number of aromatic hydroxyl groups is 1. The molecule has 0 unspecified atom stereocenters. The Labute approximate surface area is 355 Å². The number of carbonyl (C=O) groups is 2. The van der Waals surface area contributed by atoms with E-state index < -0.39 is 17.7 Å². The fourth-order valence-electron chi connectivity index (χ4n) is 8.60. The molecule has 1 aromatic heterocycles. The average molecular weight is 818 g/mol. The molecule has 61 heavy (non-hydrogen) atoms. The summed E-state index contributed by atoms with van der Waals surface area (Å²) in [6.45, 7) is 3.77. The summed E-state index contributed by atoms with van der Waals surface area (Å²) in [5, 5.41) is 34.1. The van der Waals surface area contributed by atoms with Gasteiger partial charge in [-0.25, -0.2) is 4.79 Å². The van der Waals surface area contributed by atoms with Crippen molar-refractivity contribution in [2.75, 3.05) is 32.8 Å². The van der Waals surface area contributed by atoms with E-state index in [0.29, 0.717) is 65.5 Å². The van der Waals surface area contributed by atoms with Gasteiger partial charge in [-0.15, -0.1) is 0 Å². The number of hydrogen-bond donors (Lipinski definition) is 4. The van der Waals surface area contributed by atoms with E-state index in [0.717, 1.165) is 49.2 Å². The Balaban J connectivity index is 0.867. The third-order valence-electron chi connectivity index (χ3n) is 12.2. The molecule has 1 saturated heterocycles. The molecule has 10 heteroatoms. The predicted molar refractivity (Wildman–Crippen MR) is 236 cm³/mol. The molecule has 5 aromatic carbocycles. The molecular formula is C51H51N3O7. The van der Waals surface area contributed by atoms with Gasteiger partial charge in [0.1, 0.15) is 5.75 Å². The van der Waals surface area contributed by atoms with Crippen LogP contribution in [0.25, 0.3) is 16.5 Å². The van der Waals surface area contributed by atoms with Gasteiger partial charge in [-0.1, -0.05) is 103 Å². The molecule has 10 nitrogen and oxygen atoms in total. The topological polar surface area (TPSA) is 143 Å². The number of fused-ring (bicyclic) bond motifs is 1. The van der Waals surface area contributed by atoms with Gasteiger partial charge in [0.25, 0.3) is 5.91 Å². The molecule has 1 fully saturated rings. The summed E-state index contributed by atoms with van der Waals surface area (Å²) in [5.41, 5.74) is 4.05. The molecule has 312 valence electrons. The van der Waals surface area contributed by atoms with Crippen molar-refractivity contribution in [2.24, 2.45) is 5.92 Å². The number of phenols is 1. The largest absolute Gasteiger partial charge is 0.506 e. The molecular weight excluding hydrogens is 767 g/mol. The Kier molecular flexibility index (Phi) is 12.6. The van der Waals surface area contributed by atoms with Crippen molar-refractivity contribution in [3.8, 4) is 5.75 Å². The van der Waals surface area contributed by atoms with E-state index in [-0.39, 0.29) is 29.7 Å². The van der Waals surface area contributed by atoms with Crippen molar-refractivity contribution in [1.82, 2.24) is 14.8 Å². The number of pyridine rings is 1. The quantitative estimate of drug-likeness (QED) is 0.0828. The second-order valence-corrected chi connectivity index (χ2v) is 16.3. The van der Waals surface area contributed by atoms with E-state index in [2.05, 4.69) is 34.1 Å². The third kappa shape index (κ3) is 9.37. The fourth-order valence-corrected chi connectivity index (χ4v) is 8.60. The summed E-state index contributed by atoms with van der Waals surface area (Å²) in [6, 6.07) is 40.4. The number of benzene rings is 5. The Hall–Kier alpha value is -6.33. The standard InChI is InChI=1S/C51H51N3O7/c55-45(43-21-23-46(56)48-44(43)22-24-47(57)52-48)16-7-11-35-17-19-38(20-18-35)49(58)54-30-27-40(33-54)39-12-8-15-42(31-39)51(60,41-13-5-2-6-14-41)50(59)61-34-37-25-28-53(29-26-37)32-36-9-3-1-4-10-36/h1-6,8-10,12-15,17-24,27,31,37,45,55-56,60H,7,11,16,25-26,28-30,32-34H2,(H,52,57)/t45-,51-/m0/s1. The normalized spacial score (nSPS) is 16.2. The lowest BCUT2D eigenvalue weighted by molar-refractivity contribution is -0.164. The minimum atomic E-state index is -2.03. The fraction of sp³-hybridized carbons (Fsp3) is 0.275. The van der Waals surface area contributed by atoms with Gasteiger partial charge in [0.05, 0.1) is 18.2 Å². The van der Waals surface area contributed by atoms with Crippen LogP contribution in [0.2, 0.25) is 0 Å². The lowest BCUT2D eigenvalue weighted by Crippen LogP contribution is -2.40. The first-order chi connectivity index (χ1) is 29.7. The number of rotatable bonds is 14. The monoisotopic (exact) mass is 817 g/mol. The molecule has 6 aromatic rings. The van der Waals surface area contributed by atoms with Crippen LogP contribution in [0, 0.1) is 5.92 Å². The zero-order valence-electron chi connectivity index (χ0n) is 34.1. The summed E-state index contributed by atoms with van der Waals surface area (Å²) >= 11 is 0. The molecule has 0 spiro atoms. The average Bonchev–Trinajstić information content (AvgIpc) is 3.80. The highest BCUT2D eigenvalue weighted by Crippen LogP contribution is 2.35. The first-order valence-corrected chi connectivity index (χ1v) is 21.1. The molecule has 2 aliphatic rings. The van der Waals surface area contributed by atoms with Crippen LogP contribution in [0.4, 0.5) is 0 Å². The summed E-state index contributed by atoms with van der Waals surface area (Å²) in [7, 11) is 0. The maximum Gasteiger partial charge on any atom is 0.347 e. The number of aromatic nitrogens is 1. The molecule has 2 aliphatic heterocycles. The number of piperidine rings is 1. The molecule has 8 rings (SSSR count). The second-order valence-electron chi connectivity index (χ2n) is 16.3. The number of aliphatic hydroxyl groups excluding tert-OH is 1. The molecule has 1 amide bonds. The number of likely N-dealkylation sites (tertiary alicyclic amines) is 1. The first-order valence-electron chi connectivity index (χ1n) is 21.1. The van der Waals surface area contributed by atoms with Crippen LogP contribution < -0.4 is 5.56 Å². The van der Waals surface area contributed by atoms with Gasteiger partial charge in [-0.3, -0.25) is 14.5 Å². The van der Waals surface area contributed by atoms with E-state index in [4.69, 9.17) is 4.74 Å². The predicted octanol–water partition coefficient (Wildman–Crippen LogP) is 7.52. The van der Waals surface area contributed by atoms with E-state index in [9.17, 15) is 29.7 Å². The summed E-state index contributed by atoms with van der Waals surface area (Å²) in [4.78, 5) is 46.3. The minimum absolute atomic E-state index is 0.0451. The highest BCUT2D eigenvalue weighted by atomic mass is 16.5. The van der Waals surface area contributed by atoms with Gasteiger partial charge in [-0.2, -0.15) is 0 Å². The van der Waals surface area contributed by atoms with E-state index in [1.165, 1.54) is 17.7 Å². The van der Waals surface area contributed by atoms with Crippen molar-refractivity contribution in [2.45, 2.75) is 50.4 Å². The van der Waals surface area contributed by atoms with Crippen molar-refractivity contribution >= 4 is 28.4 Å². The number of ether oxygens (including phenoxy) is 1. The number of aliphatic hydroxyl groups is 2. The highest BCUT2D eigenvalue weighted by molar-refractivity contribution is 5.96. The Morgan fingerprint density at radius 3 is 2.30 bits per heavy atom. The number of amides is 1. The first kappa shape index (κ1) is 41.4. The molecule has 2 atom stereocenters. The maximum atomic E-state index is 14.0. The van der Waals surface area contributed by atoms with E-state index in [1.807, 2.05) is 60.7 Å². The van der Waals surface area contributed by atoms with Gasteiger partial charge >= 0.3 is 5.97 Å². The van der Waals surface area contributed by atoms with Gasteiger partial charge < -0.3 is 29.9 Å². The molecule has 0 bridgehead atoms. The van der Waals surface area contributed by atoms with Crippen LogP contribution in [-0.2, 0) is 28.1 Å². The van der Waals surface area contributed by atoms with Crippen molar-refractivity contribution in [1.29, 1.82) is 0 Å². The Morgan fingerprint density at radius 1 is 0.820 bits per heavy atom. The van der Waals surface area contributed by atoms with E-state index in [1.54, 1.807) is 47.4 Å². The van der Waals surface area contributed by atoms with Gasteiger partial charge in [0, 0.05) is 42.2 Å². The molecule has 3 heterocycles. The number of H-pyrrole nitrogens is 1. The smallest absolute Gasteiger partial charge is 0.347 e. The number of carbonyl (C=O) groups excluding carboxylic acids is 2. The van der Waals surface area contributed by atoms with Crippen LogP contribution >= 0.6 is 0 Å². The molecule has 4 N–H and O–H groups in total. The van der Waals surface area contributed by atoms with Gasteiger partial charge in [0.2, 0.25) is 11.2 Å². The summed E-state index contributed by atoms with van der Waals surface area (Å²) in [6.07, 6.45) is 4.90. The number of aromatic amines is 1. The lowest BCUT2D eigenvalue weighted by Gasteiger charge is -2.33. The van der Waals surface area contributed by atoms with Gasteiger partial charge in [0.15, 0.2) is 0 Å². The van der Waals surface area contributed by atoms with Crippen LogP contribution in [0.1, 0.15) is 75.5 Å². The van der Waals surface area contributed by atoms with Crippen LogP contribution in [0.3, 0.4) is 0 Å². The number of nitrogens with one attached hydrogen (secondary N) is 1. The van der Waals surface area contributed by atoms with Crippen LogP contribution in [-0.4, -0.2) is 74.8 Å². The number of esters is 1. The SMILES string of the molecule is O=C(c1ccc(CCC[C@H](O)c2ccc(O)c3[nH]c(=O)ccc23)cc1)N1CC=C(c2cccc([C@](O)(C(=O)OCC3CCN(Cc4ccccc4)CC3)c3ccccc3)c2)C1. The van der Waals surface area contributed by atoms with Crippen molar-refractivity contribution in [3.63, 3.8) is 0 Å². The summed E-state index contributed by atoms with van der Waals surface area (Å²) < 4.78 is 5.95. The number of hydrogen-bond acceptors (Lipinski definition) is 8. The number of phenolic OH excluding ortho intramolecular Hbond substituents is 1. The highest BCUT2D eigenvalue weighted by Gasteiger charge is 2.42.